The van der Waals surface area contributed by atoms with E-state index < -0.39 is 0 Å². The summed E-state index contributed by atoms with van der Waals surface area (Å²) in [5, 5.41) is 2.37. The van der Waals surface area contributed by atoms with Crippen LogP contribution in [0.4, 0.5) is 5.69 Å². The average molecular weight is 361 g/mol. The van der Waals surface area contributed by atoms with Gasteiger partial charge in [-0.15, -0.1) is 0 Å². The Morgan fingerprint density at radius 2 is 1.36 bits per heavy atom. The van der Waals surface area contributed by atoms with Gasteiger partial charge in [0.25, 0.3) is 0 Å². The van der Waals surface area contributed by atoms with Crippen molar-refractivity contribution in [3.05, 3.63) is 97.1 Å². The van der Waals surface area contributed by atoms with Crippen molar-refractivity contribution in [2.75, 3.05) is 0 Å². The number of rotatable bonds is 3. The molecule has 0 saturated carbocycles. The van der Waals surface area contributed by atoms with Crippen molar-refractivity contribution >= 4 is 33.8 Å². The van der Waals surface area contributed by atoms with Crippen LogP contribution in [-0.2, 0) is 0 Å². The fourth-order valence-electron chi connectivity index (χ4n) is 3.94. The van der Waals surface area contributed by atoms with Crippen molar-refractivity contribution in [3.8, 4) is 16.8 Å². The molecule has 4 aromatic carbocycles. The molecule has 0 aliphatic carbocycles. The number of nitrogens with zero attached hydrogens (tertiary/aromatic N) is 2. The van der Waals surface area contributed by atoms with Crippen LogP contribution in [0.25, 0.3) is 38.6 Å². The molecule has 5 rings (SSSR count). The molecule has 2 N–H and O–H groups in total. The molecule has 3 nitrogen and oxygen atoms in total. The van der Waals surface area contributed by atoms with Gasteiger partial charge in [0.2, 0.25) is 0 Å². The summed E-state index contributed by atoms with van der Waals surface area (Å²) in [6.07, 6.45) is 1.38. The summed E-state index contributed by atoms with van der Waals surface area (Å²) in [4.78, 5) is 4.62. The molecule has 0 saturated heterocycles. The monoisotopic (exact) mass is 361 g/mol. The van der Waals surface area contributed by atoms with Crippen LogP contribution in [0.3, 0.4) is 0 Å². The molecule has 1 aromatic heterocycles. The lowest BCUT2D eigenvalue weighted by molar-refractivity contribution is 1.18. The fourth-order valence-corrected chi connectivity index (χ4v) is 3.94. The van der Waals surface area contributed by atoms with Crippen molar-refractivity contribution in [1.82, 2.24) is 4.57 Å². The highest BCUT2D eigenvalue weighted by Gasteiger charge is 2.18. The van der Waals surface area contributed by atoms with Gasteiger partial charge < -0.3 is 10.3 Å². The molecule has 3 heteroatoms. The number of nitrogens with two attached hydrogens (primary N) is 1. The summed E-state index contributed by atoms with van der Waals surface area (Å²) >= 11 is 0. The highest BCUT2D eigenvalue weighted by atomic mass is 15.0. The topological polar surface area (TPSA) is 43.3 Å². The number of para-hydroxylation sites is 2. The molecule has 0 fully saturated rings. The Bertz CT molecular complexity index is 1300. The molecule has 0 spiro atoms. The van der Waals surface area contributed by atoms with E-state index >= 15 is 0 Å². The zero-order chi connectivity index (χ0) is 18.9. The van der Waals surface area contributed by atoms with E-state index in [1.165, 1.54) is 17.1 Å². The van der Waals surface area contributed by atoms with Crippen LogP contribution in [-0.4, -0.2) is 10.9 Å². The number of benzene rings is 4. The van der Waals surface area contributed by atoms with Crippen LogP contribution < -0.4 is 5.73 Å². The molecule has 0 atom stereocenters. The van der Waals surface area contributed by atoms with Crippen LogP contribution >= 0.6 is 0 Å². The molecule has 134 valence electrons. The van der Waals surface area contributed by atoms with E-state index in [-0.39, 0.29) is 0 Å². The maximum Gasteiger partial charge on any atom is 0.0972 e. The summed E-state index contributed by atoms with van der Waals surface area (Å²) in [6, 6.07) is 33.5. The minimum Gasteiger partial charge on any atom is -0.390 e. The molecule has 0 amide bonds. The standard InChI is InChI=1S/C25H19N3/c26-17-27-24-20(18-9-3-1-4-10-18)15-16-22-21-13-7-8-14-23(21)28(25(22)24)19-11-5-2-6-12-19/h1-17H,(H2,26,27). The predicted octanol–water partition coefficient (Wildman–Crippen LogP) is 6.07. The number of hydrogen-bond donors (Lipinski definition) is 1. The lowest BCUT2D eigenvalue weighted by Gasteiger charge is -2.12. The average Bonchev–Trinajstić information content (AvgIpc) is 3.10. The summed E-state index contributed by atoms with van der Waals surface area (Å²) in [6.45, 7) is 0. The first-order chi connectivity index (χ1) is 13.9. The van der Waals surface area contributed by atoms with Crippen LogP contribution in [0.5, 0.6) is 0 Å². The normalized spacial score (nSPS) is 11.6. The largest absolute Gasteiger partial charge is 0.390 e. The number of fused-ring (bicyclic) bond motifs is 3. The Morgan fingerprint density at radius 1 is 0.679 bits per heavy atom. The zero-order valence-electron chi connectivity index (χ0n) is 15.3. The summed E-state index contributed by atoms with van der Waals surface area (Å²) < 4.78 is 2.28. The van der Waals surface area contributed by atoms with E-state index in [9.17, 15) is 0 Å². The lowest BCUT2D eigenvalue weighted by atomic mass is 10.0. The maximum atomic E-state index is 5.78. The molecule has 1 heterocycles. The first-order valence-corrected chi connectivity index (χ1v) is 9.30. The third kappa shape index (κ3) is 2.48. The summed E-state index contributed by atoms with van der Waals surface area (Å²) in [5.41, 5.74) is 12.2. The van der Waals surface area contributed by atoms with Gasteiger partial charge in [-0.1, -0.05) is 78.9 Å². The van der Waals surface area contributed by atoms with E-state index in [2.05, 4.69) is 82.4 Å². The van der Waals surface area contributed by atoms with Gasteiger partial charge in [-0.3, -0.25) is 0 Å². The minimum atomic E-state index is 0.881. The van der Waals surface area contributed by atoms with Crippen LogP contribution in [0.15, 0.2) is 102 Å². The van der Waals surface area contributed by atoms with Crippen molar-refractivity contribution in [1.29, 1.82) is 0 Å². The van der Waals surface area contributed by atoms with Crippen LogP contribution in [0, 0.1) is 0 Å². The van der Waals surface area contributed by atoms with Gasteiger partial charge in [-0.25, -0.2) is 4.99 Å². The zero-order valence-corrected chi connectivity index (χ0v) is 15.3. The predicted molar refractivity (Wildman–Crippen MR) is 119 cm³/mol. The van der Waals surface area contributed by atoms with Crippen molar-refractivity contribution in [2.45, 2.75) is 0 Å². The third-order valence-corrected chi connectivity index (χ3v) is 5.11. The van der Waals surface area contributed by atoms with Crippen molar-refractivity contribution in [2.24, 2.45) is 10.7 Å². The third-order valence-electron chi connectivity index (χ3n) is 5.11. The first-order valence-electron chi connectivity index (χ1n) is 9.30. The number of aliphatic imine (C=N–C) groups is 1. The molecular weight excluding hydrogens is 342 g/mol. The molecule has 0 radical (unpaired) electrons. The Kier molecular flexibility index (Phi) is 3.91. The van der Waals surface area contributed by atoms with Gasteiger partial charge >= 0.3 is 0 Å². The van der Waals surface area contributed by atoms with E-state index in [0.717, 1.165) is 33.5 Å². The van der Waals surface area contributed by atoms with Gasteiger partial charge in [0.1, 0.15) is 0 Å². The van der Waals surface area contributed by atoms with Crippen LogP contribution in [0.1, 0.15) is 0 Å². The smallest absolute Gasteiger partial charge is 0.0972 e. The Balaban J connectivity index is 1.99. The van der Waals surface area contributed by atoms with Crippen LogP contribution in [0.2, 0.25) is 0 Å². The Labute approximate surface area is 163 Å². The van der Waals surface area contributed by atoms with E-state index in [0.29, 0.717) is 0 Å². The molecule has 0 aliphatic heterocycles. The Morgan fingerprint density at radius 3 is 2.11 bits per heavy atom. The minimum absolute atomic E-state index is 0.881. The van der Waals surface area contributed by atoms with Crippen molar-refractivity contribution in [3.63, 3.8) is 0 Å². The second-order valence-corrected chi connectivity index (χ2v) is 6.69. The molecule has 28 heavy (non-hydrogen) atoms. The molecule has 0 bridgehead atoms. The van der Waals surface area contributed by atoms with E-state index in [1.807, 2.05) is 24.3 Å². The van der Waals surface area contributed by atoms with Crippen molar-refractivity contribution < 1.29 is 0 Å². The van der Waals surface area contributed by atoms with Gasteiger partial charge in [0.05, 0.1) is 23.1 Å². The highest BCUT2D eigenvalue weighted by molar-refractivity contribution is 6.15. The fraction of sp³-hybridized carbons (Fsp3) is 0. The lowest BCUT2D eigenvalue weighted by Crippen LogP contribution is -1.95. The van der Waals surface area contributed by atoms with Gasteiger partial charge in [0, 0.05) is 22.0 Å². The molecule has 0 aliphatic rings. The van der Waals surface area contributed by atoms with Gasteiger partial charge in [-0.05, 0) is 23.8 Å². The SMILES string of the molecule is NC=Nc1c(-c2ccccc2)ccc2c3ccccc3n(-c3ccccc3)c12. The van der Waals surface area contributed by atoms with E-state index in [1.54, 1.807) is 0 Å². The van der Waals surface area contributed by atoms with E-state index in [4.69, 9.17) is 5.73 Å². The second-order valence-electron chi connectivity index (χ2n) is 6.69. The van der Waals surface area contributed by atoms with Gasteiger partial charge in [0.15, 0.2) is 0 Å². The maximum absolute atomic E-state index is 5.78. The number of aromatic nitrogens is 1. The number of hydrogen-bond acceptors (Lipinski definition) is 1. The first kappa shape index (κ1) is 16.3. The molecule has 5 aromatic rings. The second kappa shape index (κ2) is 6.71. The summed E-state index contributed by atoms with van der Waals surface area (Å²) in [5.74, 6) is 0. The quantitative estimate of drug-likeness (QED) is 0.308. The molecular formula is C25H19N3. The summed E-state index contributed by atoms with van der Waals surface area (Å²) in [7, 11) is 0. The van der Waals surface area contributed by atoms with Gasteiger partial charge in [-0.2, -0.15) is 0 Å². The highest BCUT2D eigenvalue weighted by Crippen LogP contribution is 2.42. The Hall–Kier alpha value is -3.85. The molecule has 0 unspecified atom stereocenters.